The quantitative estimate of drug-likeness (QED) is 0.414. The summed E-state index contributed by atoms with van der Waals surface area (Å²) in [5.74, 6) is 0.341. The van der Waals surface area contributed by atoms with Crippen LogP contribution in [0.1, 0.15) is 0 Å². The van der Waals surface area contributed by atoms with Gasteiger partial charge in [-0.25, -0.2) is 14.4 Å². The summed E-state index contributed by atoms with van der Waals surface area (Å²) in [6, 6.07) is 18.2. The Morgan fingerprint density at radius 1 is 0.839 bits per heavy atom. The van der Waals surface area contributed by atoms with Crippen molar-refractivity contribution in [3.05, 3.63) is 85.1 Å². The van der Waals surface area contributed by atoms with Crippen molar-refractivity contribution in [2.24, 2.45) is 0 Å². The Labute approximate surface area is 175 Å². The molecule has 0 aliphatic heterocycles. The largest absolute Gasteiger partial charge is 0.337 e. The molecule has 0 saturated carbocycles. The Hall–Kier alpha value is -4.39. The minimum Gasteiger partial charge on any atom is -0.337 e. The van der Waals surface area contributed by atoms with Crippen molar-refractivity contribution >= 4 is 22.1 Å². The third-order valence-corrected chi connectivity index (χ3v) is 5.28. The number of nitrogens with one attached hydrogen (secondary N) is 2. The standard InChI is InChI=1S/C24H15FN6/c25-17-6-1-4-14(10-17)18-7-2-8-20-21(18)29-24(28-20)22-19-11-16(13-27-23(19)31-30-22)15-5-3-9-26-12-15/h1-13H,(H,28,29)(H,27,30,31). The van der Waals surface area contributed by atoms with Crippen molar-refractivity contribution in [1.29, 1.82) is 0 Å². The maximum Gasteiger partial charge on any atom is 0.159 e. The minimum absolute atomic E-state index is 0.280. The molecule has 0 radical (unpaired) electrons. The number of imidazole rings is 1. The lowest BCUT2D eigenvalue weighted by Gasteiger charge is -2.02. The van der Waals surface area contributed by atoms with E-state index in [9.17, 15) is 4.39 Å². The number of hydrogen-bond donors (Lipinski definition) is 2. The van der Waals surface area contributed by atoms with Crippen LogP contribution in [-0.4, -0.2) is 30.1 Å². The Morgan fingerprint density at radius 3 is 2.61 bits per heavy atom. The lowest BCUT2D eigenvalue weighted by atomic mass is 10.0. The highest BCUT2D eigenvalue weighted by molar-refractivity contribution is 5.97. The molecule has 4 aromatic heterocycles. The highest BCUT2D eigenvalue weighted by Crippen LogP contribution is 2.32. The van der Waals surface area contributed by atoms with E-state index in [0.29, 0.717) is 17.2 Å². The molecule has 2 N–H and O–H groups in total. The molecule has 6 rings (SSSR count). The average Bonchev–Trinajstić information content (AvgIpc) is 3.43. The van der Waals surface area contributed by atoms with E-state index in [1.807, 2.05) is 42.5 Å². The van der Waals surface area contributed by atoms with Crippen LogP contribution in [0.25, 0.3) is 55.8 Å². The fourth-order valence-corrected chi connectivity index (χ4v) is 3.81. The van der Waals surface area contributed by atoms with E-state index in [2.05, 4.69) is 25.1 Å². The minimum atomic E-state index is -0.280. The van der Waals surface area contributed by atoms with Crippen molar-refractivity contribution in [3.63, 3.8) is 0 Å². The lowest BCUT2D eigenvalue weighted by molar-refractivity contribution is 0.628. The molecule has 0 aliphatic rings. The first-order chi connectivity index (χ1) is 15.3. The number of benzene rings is 2. The molecule has 0 bridgehead atoms. The topological polar surface area (TPSA) is 83.1 Å². The van der Waals surface area contributed by atoms with Crippen LogP contribution in [0.5, 0.6) is 0 Å². The van der Waals surface area contributed by atoms with Gasteiger partial charge in [-0.1, -0.05) is 30.3 Å². The van der Waals surface area contributed by atoms with Crippen LogP contribution >= 0.6 is 0 Å². The van der Waals surface area contributed by atoms with Gasteiger partial charge in [0.1, 0.15) is 11.5 Å². The first-order valence-corrected chi connectivity index (χ1v) is 9.76. The molecule has 2 aromatic carbocycles. The number of fused-ring (bicyclic) bond motifs is 2. The fourth-order valence-electron chi connectivity index (χ4n) is 3.81. The van der Waals surface area contributed by atoms with Gasteiger partial charge in [-0.2, -0.15) is 5.10 Å². The number of aromatic amines is 2. The highest BCUT2D eigenvalue weighted by Gasteiger charge is 2.16. The van der Waals surface area contributed by atoms with Gasteiger partial charge in [0.05, 0.1) is 16.4 Å². The molecule has 6 nitrogen and oxygen atoms in total. The summed E-state index contributed by atoms with van der Waals surface area (Å²) in [5, 5.41) is 8.29. The molecular weight excluding hydrogens is 391 g/mol. The molecule has 0 saturated heterocycles. The van der Waals surface area contributed by atoms with Gasteiger partial charge < -0.3 is 4.98 Å². The Morgan fingerprint density at radius 2 is 1.74 bits per heavy atom. The molecule has 6 aromatic rings. The van der Waals surface area contributed by atoms with Crippen molar-refractivity contribution in [2.45, 2.75) is 0 Å². The van der Waals surface area contributed by atoms with Crippen molar-refractivity contribution in [3.8, 4) is 33.8 Å². The molecular formula is C24H15FN6. The van der Waals surface area contributed by atoms with Gasteiger partial charge >= 0.3 is 0 Å². The maximum atomic E-state index is 13.8. The smallest absolute Gasteiger partial charge is 0.159 e. The molecule has 0 aliphatic carbocycles. The molecule has 0 spiro atoms. The molecule has 7 heteroatoms. The number of halogens is 1. The van der Waals surface area contributed by atoms with E-state index in [1.54, 1.807) is 24.7 Å². The monoisotopic (exact) mass is 406 g/mol. The molecule has 0 atom stereocenters. The normalized spacial score (nSPS) is 11.4. The van der Waals surface area contributed by atoms with Gasteiger partial charge in [-0.05, 0) is 35.9 Å². The van der Waals surface area contributed by atoms with E-state index in [0.717, 1.165) is 38.7 Å². The van der Waals surface area contributed by atoms with Crippen molar-refractivity contribution in [2.75, 3.05) is 0 Å². The zero-order valence-corrected chi connectivity index (χ0v) is 16.2. The molecule has 0 unspecified atom stereocenters. The van der Waals surface area contributed by atoms with Gasteiger partial charge in [0.15, 0.2) is 11.5 Å². The van der Waals surface area contributed by atoms with Crippen molar-refractivity contribution < 1.29 is 4.39 Å². The predicted molar refractivity (Wildman–Crippen MR) is 118 cm³/mol. The van der Waals surface area contributed by atoms with Gasteiger partial charge in [0.25, 0.3) is 0 Å². The van der Waals surface area contributed by atoms with Crippen LogP contribution in [0.4, 0.5) is 4.39 Å². The van der Waals surface area contributed by atoms with Gasteiger partial charge in [0.2, 0.25) is 0 Å². The fraction of sp³-hybridized carbons (Fsp3) is 0. The van der Waals surface area contributed by atoms with Crippen LogP contribution < -0.4 is 0 Å². The van der Waals surface area contributed by atoms with E-state index in [1.165, 1.54) is 12.1 Å². The summed E-state index contributed by atoms with van der Waals surface area (Å²) >= 11 is 0. The third-order valence-electron chi connectivity index (χ3n) is 5.28. The number of nitrogens with zero attached hydrogens (tertiary/aromatic N) is 4. The summed E-state index contributed by atoms with van der Waals surface area (Å²) in [5.41, 5.74) is 6.51. The summed E-state index contributed by atoms with van der Waals surface area (Å²) < 4.78 is 13.8. The van der Waals surface area contributed by atoms with Crippen molar-refractivity contribution in [1.82, 2.24) is 30.1 Å². The van der Waals surface area contributed by atoms with E-state index in [-0.39, 0.29) is 5.82 Å². The second-order valence-electron chi connectivity index (χ2n) is 7.23. The first kappa shape index (κ1) is 17.5. The number of H-pyrrole nitrogens is 2. The van der Waals surface area contributed by atoms with Crippen LogP contribution in [0.2, 0.25) is 0 Å². The molecule has 31 heavy (non-hydrogen) atoms. The highest BCUT2D eigenvalue weighted by atomic mass is 19.1. The maximum absolute atomic E-state index is 13.8. The SMILES string of the molecule is Fc1cccc(-c2cccc3[nH]c(-c4n[nH]c5ncc(-c6cccnc6)cc45)nc23)c1. The molecule has 0 amide bonds. The Bertz CT molecular complexity index is 1550. The third kappa shape index (κ3) is 2.95. The molecule has 0 fully saturated rings. The average molecular weight is 406 g/mol. The number of hydrogen-bond acceptors (Lipinski definition) is 4. The summed E-state index contributed by atoms with van der Waals surface area (Å²) in [4.78, 5) is 16.8. The van der Waals surface area contributed by atoms with Gasteiger partial charge in [-0.3, -0.25) is 10.1 Å². The van der Waals surface area contributed by atoms with E-state index in [4.69, 9.17) is 4.98 Å². The predicted octanol–water partition coefficient (Wildman–Crippen LogP) is 5.37. The Balaban J connectivity index is 1.52. The van der Waals surface area contributed by atoms with Gasteiger partial charge in [-0.15, -0.1) is 0 Å². The lowest BCUT2D eigenvalue weighted by Crippen LogP contribution is -1.85. The molecule has 4 heterocycles. The second-order valence-corrected chi connectivity index (χ2v) is 7.23. The first-order valence-electron chi connectivity index (χ1n) is 9.76. The molecule has 148 valence electrons. The van der Waals surface area contributed by atoms with Crippen LogP contribution in [0, 0.1) is 5.82 Å². The van der Waals surface area contributed by atoms with Crippen LogP contribution in [-0.2, 0) is 0 Å². The Kier molecular flexibility index (Phi) is 3.86. The van der Waals surface area contributed by atoms with Crippen LogP contribution in [0.3, 0.4) is 0 Å². The number of para-hydroxylation sites is 1. The van der Waals surface area contributed by atoms with Crippen LogP contribution in [0.15, 0.2) is 79.3 Å². The summed E-state index contributed by atoms with van der Waals surface area (Å²) in [7, 11) is 0. The second kappa shape index (κ2) is 6.84. The summed E-state index contributed by atoms with van der Waals surface area (Å²) in [6.07, 6.45) is 5.33. The zero-order valence-electron chi connectivity index (χ0n) is 16.2. The number of aromatic nitrogens is 6. The zero-order chi connectivity index (χ0) is 20.8. The summed E-state index contributed by atoms with van der Waals surface area (Å²) in [6.45, 7) is 0. The number of rotatable bonds is 3. The van der Waals surface area contributed by atoms with Gasteiger partial charge in [0, 0.05) is 35.3 Å². The van der Waals surface area contributed by atoms with E-state index < -0.39 is 0 Å². The number of pyridine rings is 2. The van der Waals surface area contributed by atoms with E-state index >= 15 is 0 Å².